The maximum absolute atomic E-state index is 11.6. The van der Waals surface area contributed by atoms with Crippen molar-refractivity contribution in [2.24, 2.45) is 0 Å². The highest BCUT2D eigenvalue weighted by Crippen LogP contribution is 2.03. The van der Waals surface area contributed by atoms with Gasteiger partial charge >= 0.3 is 5.97 Å². The van der Waals surface area contributed by atoms with Gasteiger partial charge in [-0.05, 0) is 26.2 Å². The van der Waals surface area contributed by atoms with E-state index < -0.39 is 0 Å². The van der Waals surface area contributed by atoms with Crippen molar-refractivity contribution >= 4 is 5.97 Å². The van der Waals surface area contributed by atoms with Crippen LogP contribution in [-0.2, 0) is 9.53 Å². The van der Waals surface area contributed by atoms with E-state index in [0.29, 0.717) is 12.6 Å². The quantitative estimate of drug-likeness (QED) is 0.488. The molecule has 96 valence electrons. The second kappa shape index (κ2) is 9.64. The van der Waals surface area contributed by atoms with E-state index in [-0.39, 0.29) is 12.0 Å². The average molecular weight is 229 g/mol. The van der Waals surface area contributed by atoms with E-state index in [9.17, 15) is 4.79 Å². The Bertz CT molecular complexity index is 183. The second-order valence-electron chi connectivity index (χ2n) is 4.30. The number of carbonyl (C=O) groups is 1. The Labute approximate surface area is 99.9 Å². The molecule has 0 aliphatic heterocycles. The molecule has 0 radical (unpaired) electrons. The predicted octanol–water partition coefficient (Wildman–Crippen LogP) is 2.89. The minimum absolute atomic E-state index is 0.122. The molecule has 0 aliphatic carbocycles. The lowest BCUT2D eigenvalue weighted by atomic mass is 10.1. The van der Waals surface area contributed by atoms with E-state index in [4.69, 9.17) is 4.74 Å². The zero-order valence-corrected chi connectivity index (χ0v) is 11.2. The van der Waals surface area contributed by atoms with Crippen LogP contribution in [0.2, 0.25) is 0 Å². The van der Waals surface area contributed by atoms with Crippen LogP contribution < -0.4 is 5.32 Å². The standard InChI is InChI=1S/C13H27NO2/c1-5-8-10-16-13(15)11(4)14-12(7-3)9-6-2/h11-12,14H,5-10H2,1-4H3. The molecule has 0 aliphatic rings. The lowest BCUT2D eigenvalue weighted by Gasteiger charge is -2.20. The molecule has 2 unspecified atom stereocenters. The number of rotatable bonds is 9. The highest BCUT2D eigenvalue weighted by Gasteiger charge is 2.17. The van der Waals surface area contributed by atoms with Crippen molar-refractivity contribution in [2.75, 3.05) is 6.61 Å². The molecule has 0 spiro atoms. The third-order valence-electron chi connectivity index (χ3n) is 2.71. The molecular formula is C13H27NO2. The van der Waals surface area contributed by atoms with E-state index in [1.807, 2.05) is 6.92 Å². The Kier molecular flexibility index (Phi) is 9.30. The highest BCUT2D eigenvalue weighted by atomic mass is 16.5. The van der Waals surface area contributed by atoms with E-state index in [0.717, 1.165) is 32.1 Å². The molecule has 3 nitrogen and oxygen atoms in total. The van der Waals surface area contributed by atoms with Gasteiger partial charge in [0.15, 0.2) is 0 Å². The summed E-state index contributed by atoms with van der Waals surface area (Å²) in [7, 11) is 0. The Morgan fingerprint density at radius 3 is 2.44 bits per heavy atom. The van der Waals surface area contributed by atoms with Crippen molar-refractivity contribution in [2.45, 2.75) is 71.9 Å². The minimum Gasteiger partial charge on any atom is -0.465 e. The molecule has 0 bridgehead atoms. The molecular weight excluding hydrogens is 202 g/mol. The summed E-state index contributed by atoms with van der Waals surface area (Å²) in [4.78, 5) is 11.6. The van der Waals surface area contributed by atoms with Gasteiger partial charge in [-0.25, -0.2) is 0 Å². The van der Waals surface area contributed by atoms with Crippen molar-refractivity contribution in [3.8, 4) is 0 Å². The van der Waals surface area contributed by atoms with Crippen molar-refractivity contribution < 1.29 is 9.53 Å². The topological polar surface area (TPSA) is 38.3 Å². The largest absolute Gasteiger partial charge is 0.465 e. The molecule has 16 heavy (non-hydrogen) atoms. The van der Waals surface area contributed by atoms with Crippen LogP contribution in [0.4, 0.5) is 0 Å². The van der Waals surface area contributed by atoms with Crippen LogP contribution >= 0.6 is 0 Å². The van der Waals surface area contributed by atoms with Gasteiger partial charge in [0.05, 0.1) is 6.61 Å². The molecule has 0 saturated carbocycles. The summed E-state index contributed by atoms with van der Waals surface area (Å²) < 4.78 is 5.17. The minimum atomic E-state index is -0.187. The van der Waals surface area contributed by atoms with Crippen LogP contribution in [0.1, 0.15) is 59.8 Å². The first kappa shape index (κ1) is 15.4. The van der Waals surface area contributed by atoms with Gasteiger partial charge in [-0.3, -0.25) is 4.79 Å². The van der Waals surface area contributed by atoms with Gasteiger partial charge in [0.2, 0.25) is 0 Å². The van der Waals surface area contributed by atoms with Gasteiger partial charge in [0, 0.05) is 6.04 Å². The van der Waals surface area contributed by atoms with Crippen LogP contribution in [0.15, 0.2) is 0 Å². The first-order valence-corrected chi connectivity index (χ1v) is 6.58. The van der Waals surface area contributed by atoms with Crippen molar-refractivity contribution in [3.05, 3.63) is 0 Å². The van der Waals surface area contributed by atoms with E-state index in [1.165, 1.54) is 0 Å². The van der Waals surface area contributed by atoms with Gasteiger partial charge in [0.25, 0.3) is 0 Å². The molecule has 0 rings (SSSR count). The predicted molar refractivity (Wildman–Crippen MR) is 67.5 cm³/mol. The zero-order valence-electron chi connectivity index (χ0n) is 11.2. The molecule has 0 saturated heterocycles. The van der Waals surface area contributed by atoms with Gasteiger partial charge < -0.3 is 10.1 Å². The molecule has 0 heterocycles. The van der Waals surface area contributed by atoms with Gasteiger partial charge in [-0.15, -0.1) is 0 Å². The van der Waals surface area contributed by atoms with Crippen molar-refractivity contribution in [1.29, 1.82) is 0 Å². The van der Waals surface area contributed by atoms with Gasteiger partial charge in [-0.2, -0.15) is 0 Å². The smallest absolute Gasteiger partial charge is 0.322 e. The molecule has 0 fully saturated rings. The third kappa shape index (κ3) is 6.83. The second-order valence-corrected chi connectivity index (χ2v) is 4.30. The normalized spacial score (nSPS) is 14.5. The average Bonchev–Trinajstić information content (AvgIpc) is 2.28. The number of esters is 1. The van der Waals surface area contributed by atoms with Crippen LogP contribution in [0.3, 0.4) is 0 Å². The van der Waals surface area contributed by atoms with Crippen molar-refractivity contribution in [1.82, 2.24) is 5.32 Å². The summed E-state index contributed by atoms with van der Waals surface area (Å²) in [5.74, 6) is -0.122. The molecule has 1 N–H and O–H groups in total. The number of nitrogens with one attached hydrogen (secondary N) is 1. The number of carbonyl (C=O) groups excluding carboxylic acids is 1. The first-order valence-electron chi connectivity index (χ1n) is 6.58. The lowest BCUT2D eigenvalue weighted by molar-refractivity contribution is -0.146. The highest BCUT2D eigenvalue weighted by molar-refractivity contribution is 5.75. The molecule has 3 heteroatoms. The maximum atomic E-state index is 11.6. The fraction of sp³-hybridized carbons (Fsp3) is 0.923. The SMILES string of the molecule is CCCCOC(=O)C(C)NC(CC)CCC. The molecule has 0 aromatic heterocycles. The summed E-state index contributed by atoms with van der Waals surface area (Å²) in [5.41, 5.74) is 0. The van der Waals surface area contributed by atoms with E-state index in [2.05, 4.69) is 26.1 Å². The Hall–Kier alpha value is -0.570. The van der Waals surface area contributed by atoms with Crippen LogP contribution in [-0.4, -0.2) is 24.7 Å². The summed E-state index contributed by atoms with van der Waals surface area (Å²) in [6.07, 6.45) is 5.32. The number of unbranched alkanes of at least 4 members (excludes halogenated alkanes) is 1. The van der Waals surface area contributed by atoms with E-state index >= 15 is 0 Å². The summed E-state index contributed by atoms with van der Waals surface area (Å²) >= 11 is 0. The number of hydrogen-bond donors (Lipinski definition) is 1. The molecule has 0 amide bonds. The van der Waals surface area contributed by atoms with E-state index in [1.54, 1.807) is 0 Å². The molecule has 0 aromatic carbocycles. The molecule has 0 aromatic rings. The fourth-order valence-corrected chi connectivity index (χ4v) is 1.62. The maximum Gasteiger partial charge on any atom is 0.322 e. The number of ether oxygens (including phenoxy) is 1. The van der Waals surface area contributed by atoms with Crippen LogP contribution in [0.25, 0.3) is 0 Å². The van der Waals surface area contributed by atoms with Crippen molar-refractivity contribution in [3.63, 3.8) is 0 Å². The van der Waals surface area contributed by atoms with Gasteiger partial charge in [0.1, 0.15) is 6.04 Å². The van der Waals surface area contributed by atoms with Crippen LogP contribution in [0, 0.1) is 0 Å². The molecule has 2 atom stereocenters. The zero-order chi connectivity index (χ0) is 12.4. The number of hydrogen-bond acceptors (Lipinski definition) is 3. The summed E-state index contributed by atoms with van der Waals surface area (Å²) in [6, 6.07) is 0.243. The fourth-order valence-electron chi connectivity index (χ4n) is 1.62. The lowest BCUT2D eigenvalue weighted by Crippen LogP contribution is -2.42. The Morgan fingerprint density at radius 1 is 1.25 bits per heavy atom. The van der Waals surface area contributed by atoms with Crippen LogP contribution in [0.5, 0.6) is 0 Å². The summed E-state index contributed by atoms with van der Waals surface area (Å²) in [5, 5.41) is 3.32. The first-order chi connectivity index (χ1) is 7.65. The monoisotopic (exact) mass is 229 g/mol. The Morgan fingerprint density at radius 2 is 1.94 bits per heavy atom. The summed E-state index contributed by atoms with van der Waals surface area (Å²) in [6.45, 7) is 8.82. The van der Waals surface area contributed by atoms with Gasteiger partial charge in [-0.1, -0.05) is 33.6 Å². The third-order valence-corrected chi connectivity index (χ3v) is 2.71. The Balaban J connectivity index is 3.83.